The van der Waals surface area contributed by atoms with Crippen molar-refractivity contribution in [3.63, 3.8) is 0 Å². The van der Waals surface area contributed by atoms with Gasteiger partial charge in [0.15, 0.2) is 0 Å². The van der Waals surface area contributed by atoms with Crippen LogP contribution in [0.15, 0.2) is 12.2 Å². The molecule has 0 amide bonds. The lowest BCUT2D eigenvalue weighted by atomic mass is 9.60. The molecule has 0 spiro atoms. The van der Waals surface area contributed by atoms with Gasteiger partial charge in [0, 0.05) is 18.8 Å². The second-order valence-electron chi connectivity index (χ2n) is 13.5. The molecule has 2 atom stereocenters. The van der Waals surface area contributed by atoms with E-state index in [-0.39, 0.29) is 48.4 Å². The van der Waals surface area contributed by atoms with Gasteiger partial charge >= 0.3 is 23.9 Å². The van der Waals surface area contributed by atoms with Gasteiger partial charge in [-0.25, -0.2) is 0 Å². The van der Waals surface area contributed by atoms with Crippen LogP contribution in [0.5, 0.6) is 0 Å². The summed E-state index contributed by atoms with van der Waals surface area (Å²) < 4.78 is 21.7. The van der Waals surface area contributed by atoms with E-state index in [1.807, 2.05) is 26.0 Å². The second-order valence-corrected chi connectivity index (χ2v) is 13.5. The van der Waals surface area contributed by atoms with Gasteiger partial charge in [0.2, 0.25) is 0 Å². The van der Waals surface area contributed by atoms with E-state index in [0.29, 0.717) is 24.7 Å². The normalized spacial score (nSPS) is 29.2. The molecule has 3 aliphatic rings. The molecule has 0 N–H and O–H groups in total. The Balaban J connectivity index is 1.48. The molecule has 226 valence electrons. The van der Waals surface area contributed by atoms with Crippen molar-refractivity contribution in [2.75, 3.05) is 13.7 Å². The number of hydrogen-bond donors (Lipinski definition) is 0. The minimum absolute atomic E-state index is 0.0529. The SMILES string of the molecule is COC(=O)CC(C)(C)COC(=O)C1CC=CCC1OC(=O)C1CCC(C(C)(C)C2CCC(OC(C)=O)CC2)CC1. The summed E-state index contributed by atoms with van der Waals surface area (Å²) in [6.07, 6.45) is 12.1. The molecular weight excluding hydrogens is 512 g/mol. The Morgan fingerprint density at radius 2 is 1.35 bits per heavy atom. The van der Waals surface area contributed by atoms with Gasteiger partial charge in [-0.15, -0.1) is 0 Å². The minimum atomic E-state index is -0.548. The van der Waals surface area contributed by atoms with Gasteiger partial charge < -0.3 is 18.9 Å². The number of carbonyl (C=O) groups is 4. The van der Waals surface area contributed by atoms with Crippen LogP contribution in [0.4, 0.5) is 0 Å². The summed E-state index contributed by atoms with van der Waals surface area (Å²) in [5, 5.41) is 0. The smallest absolute Gasteiger partial charge is 0.313 e. The molecule has 3 aliphatic carbocycles. The van der Waals surface area contributed by atoms with Crippen molar-refractivity contribution in [3.8, 4) is 0 Å². The molecule has 2 fully saturated rings. The van der Waals surface area contributed by atoms with Gasteiger partial charge in [-0.05, 0) is 75.0 Å². The van der Waals surface area contributed by atoms with Crippen molar-refractivity contribution >= 4 is 23.9 Å². The number of allylic oxidation sites excluding steroid dienone is 1. The molecule has 2 unspecified atom stereocenters. The van der Waals surface area contributed by atoms with Crippen LogP contribution in [0.2, 0.25) is 0 Å². The summed E-state index contributed by atoms with van der Waals surface area (Å²) in [5.41, 5.74) is -0.381. The van der Waals surface area contributed by atoms with Crippen molar-refractivity contribution in [3.05, 3.63) is 12.2 Å². The molecule has 0 aromatic carbocycles. The van der Waals surface area contributed by atoms with Gasteiger partial charge in [-0.2, -0.15) is 0 Å². The Hall–Kier alpha value is -2.38. The molecule has 8 heteroatoms. The summed E-state index contributed by atoms with van der Waals surface area (Å²) in [5.74, 6) is -0.699. The minimum Gasteiger partial charge on any atom is -0.469 e. The van der Waals surface area contributed by atoms with Crippen molar-refractivity contribution < 1.29 is 38.1 Å². The highest BCUT2D eigenvalue weighted by Gasteiger charge is 2.43. The number of methoxy groups -OCH3 is 1. The highest BCUT2D eigenvalue weighted by Crippen LogP contribution is 2.49. The lowest BCUT2D eigenvalue weighted by Crippen LogP contribution is -2.40. The molecule has 0 saturated heterocycles. The van der Waals surface area contributed by atoms with Crippen LogP contribution in [0.3, 0.4) is 0 Å². The van der Waals surface area contributed by atoms with Crippen molar-refractivity contribution in [1.82, 2.24) is 0 Å². The Kier molecular flexibility index (Phi) is 11.2. The first-order valence-electron chi connectivity index (χ1n) is 15.1. The van der Waals surface area contributed by atoms with E-state index in [1.165, 1.54) is 14.0 Å². The largest absolute Gasteiger partial charge is 0.469 e. The molecule has 0 bridgehead atoms. The van der Waals surface area contributed by atoms with Crippen LogP contribution in [-0.2, 0) is 38.1 Å². The van der Waals surface area contributed by atoms with Crippen LogP contribution in [0.25, 0.3) is 0 Å². The zero-order valence-electron chi connectivity index (χ0n) is 25.4. The molecule has 0 heterocycles. The predicted molar refractivity (Wildman–Crippen MR) is 150 cm³/mol. The first kappa shape index (κ1) is 32.1. The number of rotatable bonds is 10. The van der Waals surface area contributed by atoms with E-state index >= 15 is 0 Å². The summed E-state index contributed by atoms with van der Waals surface area (Å²) >= 11 is 0. The highest BCUT2D eigenvalue weighted by molar-refractivity contribution is 5.76. The monoisotopic (exact) mass is 562 g/mol. The molecule has 8 nitrogen and oxygen atoms in total. The zero-order valence-corrected chi connectivity index (χ0v) is 25.4. The maximum atomic E-state index is 13.2. The first-order chi connectivity index (χ1) is 18.8. The number of carbonyl (C=O) groups excluding carboxylic acids is 4. The maximum absolute atomic E-state index is 13.2. The Morgan fingerprint density at radius 3 is 1.93 bits per heavy atom. The Labute approximate surface area is 239 Å². The fourth-order valence-electron chi connectivity index (χ4n) is 6.87. The molecule has 0 aromatic rings. The van der Waals surface area contributed by atoms with Gasteiger partial charge in [-0.1, -0.05) is 39.8 Å². The topological polar surface area (TPSA) is 105 Å². The highest BCUT2D eigenvalue weighted by atomic mass is 16.6. The third kappa shape index (κ3) is 8.81. The zero-order chi connectivity index (χ0) is 29.5. The van der Waals surface area contributed by atoms with E-state index in [9.17, 15) is 19.2 Å². The fraction of sp³-hybridized carbons (Fsp3) is 0.812. The third-order valence-corrected chi connectivity index (χ3v) is 9.57. The van der Waals surface area contributed by atoms with Crippen LogP contribution in [0.1, 0.15) is 105 Å². The number of hydrogen-bond acceptors (Lipinski definition) is 8. The average molecular weight is 563 g/mol. The van der Waals surface area contributed by atoms with Crippen molar-refractivity contribution in [2.24, 2.45) is 34.5 Å². The van der Waals surface area contributed by atoms with Crippen LogP contribution in [0, 0.1) is 34.5 Å². The van der Waals surface area contributed by atoms with Crippen LogP contribution < -0.4 is 0 Å². The van der Waals surface area contributed by atoms with E-state index in [4.69, 9.17) is 18.9 Å². The van der Waals surface area contributed by atoms with E-state index in [2.05, 4.69) is 13.8 Å². The fourth-order valence-corrected chi connectivity index (χ4v) is 6.87. The Morgan fingerprint density at radius 1 is 0.775 bits per heavy atom. The summed E-state index contributed by atoms with van der Waals surface area (Å²) in [4.78, 5) is 49.1. The van der Waals surface area contributed by atoms with Gasteiger partial charge in [0.1, 0.15) is 12.2 Å². The van der Waals surface area contributed by atoms with Crippen LogP contribution >= 0.6 is 0 Å². The lowest BCUT2D eigenvalue weighted by Gasteiger charge is -2.46. The average Bonchev–Trinajstić information content (AvgIpc) is 2.92. The van der Waals surface area contributed by atoms with E-state index in [0.717, 1.165) is 51.4 Å². The lowest BCUT2D eigenvalue weighted by molar-refractivity contribution is -0.168. The third-order valence-electron chi connectivity index (χ3n) is 9.57. The predicted octanol–water partition coefficient (Wildman–Crippen LogP) is 5.95. The Bertz CT molecular complexity index is 919. The first-order valence-corrected chi connectivity index (χ1v) is 15.1. The summed E-state index contributed by atoms with van der Waals surface area (Å²) in [6, 6.07) is 0. The van der Waals surface area contributed by atoms with Gasteiger partial charge in [0.25, 0.3) is 0 Å². The molecule has 3 rings (SSSR count). The maximum Gasteiger partial charge on any atom is 0.313 e. The van der Waals surface area contributed by atoms with Crippen LogP contribution in [-0.4, -0.2) is 49.8 Å². The second kappa shape index (κ2) is 14.0. The molecule has 0 aliphatic heterocycles. The summed E-state index contributed by atoms with van der Waals surface area (Å²) in [7, 11) is 1.34. The quantitative estimate of drug-likeness (QED) is 0.183. The number of esters is 4. The van der Waals surface area contributed by atoms with E-state index < -0.39 is 23.4 Å². The summed E-state index contributed by atoms with van der Waals surface area (Å²) in [6.45, 7) is 10.00. The molecule has 0 radical (unpaired) electrons. The molecule has 2 saturated carbocycles. The van der Waals surface area contributed by atoms with Crippen molar-refractivity contribution in [2.45, 2.75) is 117 Å². The standard InChI is InChI=1S/C32H50O8/c1-21(33)39-25-17-15-24(16-18-25)32(4,5)23-13-11-22(12-14-23)29(35)40-27-10-8-7-9-26(27)30(36)38-20-31(2,3)19-28(34)37-6/h7-8,22-27H,9-20H2,1-6H3. The van der Waals surface area contributed by atoms with Gasteiger partial charge in [-0.3, -0.25) is 19.2 Å². The van der Waals surface area contributed by atoms with E-state index in [1.54, 1.807) is 0 Å². The molecule has 0 aromatic heterocycles. The molecular formula is C32H50O8. The van der Waals surface area contributed by atoms with Gasteiger partial charge in [0.05, 0.1) is 32.0 Å². The van der Waals surface area contributed by atoms with Crippen molar-refractivity contribution in [1.29, 1.82) is 0 Å². The molecule has 40 heavy (non-hydrogen) atoms. The number of ether oxygens (including phenoxy) is 4.